The van der Waals surface area contributed by atoms with Crippen molar-refractivity contribution in [3.05, 3.63) is 22.7 Å². The average Bonchev–Trinajstić information content (AvgIpc) is 3.28. The highest BCUT2D eigenvalue weighted by molar-refractivity contribution is 6.41. The van der Waals surface area contributed by atoms with E-state index in [1.807, 2.05) is 0 Å². The summed E-state index contributed by atoms with van der Waals surface area (Å²) in [5.74, 6) is -0.387. The molecule has 1 aliphatic carbocycles. The third-order valence-electron chi connectivity index (χ3n) is 3.11. The van der Waals surface area contributed by atoms with Crippen molar-refractivity contribution in [2.24, 2.45) is 5.92 Å². The smallest absolute Gasteiger partial charge is 0.379 e. The van der Waals surface area contributed by atoms with Crippen LogP contribution in [0.5, 0.6) is 11.5 Å². The van der Waals surface area contributed by atoms with E-state index in [9.17, 15) is 9.59 Å². The number of rotatable bonds is 7. The van der Waals surface area contributed by atoms with Crippen LogP contribution >= 0.6 is 11.6 Å². The number of carbonyl (C=O) groups is 2. The lowest BCUT2D eigenvalue weighted by Gasteiger charge is -2.13. The molecule has 0 aliphatic heterocycles. The Morgan fingerprint density at radius 2 is 2.05 bits per heavy atom. The maximum Gasteiger partial charge on any atom is 0.379 e. The quantitative estimate of drug-likeness (QED) is 0.440. The molecular weight excluding hydrogens is 296 g/mol. The van der Waals surface area contributed by atoms with Gasteiger partial charge in [0.25, 0.3) is 5.78 Å². The van der Waals surface area contributed by atoms with E-state index in [1.54, 1.807) is 6.92 Å². The van der Waals surface area contributed by atoms with E-state index < -0.39 is 11.8 Å². The van der Waals surface area contributed by atoms with E-state index in [0.717, 1.165) is 12.8 Å². The number of benzene rings is 1. The molecule has 2 rings (SSSR count). The number of methoxy groups -OCH3 is 1. The zero-order valence-corrected chi connectivity index (χ0v) is 12.7. The summed E-state index contributed by atoms with van der Waals surface area (Å²) in [4.78, 5) is 23.4. The normalized spacial score (nSPS) is 13.7. The summed E-state index contributed by atoms with van der Waals surface area (Å²) < 4.78 is 15.5. The lowest BCUT2D eigenvalue weighted by molar-refractivity contribution is -0.137. The monoisotopic (exact) mass is 312 g/mol. The van der Waals surface area contributed by atoms with Gasteiger partial charge in [0.2, 0.25) is 0 Å². The first-order chi connectivity index (χ1) is 10.1. The fourth-order valence-corrected chi connectivity index (χ4v) is 2.06. The van der Waals surface area contributed by atoms with Crippen molar-refractivity contribution in [3.8, 4) is 11.5 Å². The fourth-order valence-electron chi connectivity index (χ4n) is 1.79. The van der Waals surface area contributed by atoms with Crippen LogP contribution in [-0.4, -0.2) is 32.1 Å². The molecule has 0 amide bonds. The Balaban J connectivity index is 2.22. The predicted molar refractivity (Wildman–Crippen MR) is 77.2 cm³/mol. The number of hydrogen-bond acceptors (Lipinski definition) is 5. The van der Waals surface area contributed by atoms with Gasteiger partial charge >= 0.3 is 5.97 Å². The van der Waals surface area contributed by atoms with Crippen LogP contribution < -0.4 is 9.47 Å². The summed E-state index contributed by atoms with van der Waals surface area (Å²) in [6.45, 7) is 2.34. The van der Waals surface area contributed by atoms with Gasteiger partial charge in [0.1, 0.15) is 0 Å². The summed E-state index contributed by atoms with van der Waals surface area (Å²) in [6, 6.07) is 2.83. The summed E-state index contributed by atoms with van der Waals surface area (Å²) in [7, 11) is 1.45. The van der Waals surface area contributed by atoms with Gasteiger partial charge in [0.15, 0.2) is 11.5 Å². The van der Waals surface area contributed by atoms with Crippen molar-refractivity contribution in [3.63, 3.8) is 0 Å². The zero-order valence-electron chi connectivity index (χ0n) is 12.0. The number of halogens is 1. The Kier molecular flexibility index (Phi) is 5.07. The number of Topliss-reactive ketones (excluding diaryl/α,β-unsaturated/α-hetero) is 1. The molecule has 1 aromatic rings. The van der Waals surface area contributed by atoms with E-state index in [4.69, 9.17) is 21.1 Å². The third-order valence-corrected chi connectivity index (χ3v) is 3.39. The molecule has 0 spiro atoms. The predicted octanol–water partition coefficient (Wildman–Crippen LogP) is 2.88. The topological polar surface area (TPSA) is 61.8 Å². The van der Waals surface area contributed by atoms with Gasteiger partial charge in [-0.15, -0.1) is 0 Å². The SMILES string of the molecule is CCOC(=O)C(=O)c1cc(Cl)c(OCC2CC2)c(OC)c1. The van der Waals surface area contributed by atoms with Crippen LogP contribution in [0.1, 0.15) is 30.1 Å². The van der Waals surface area contributed by atoms with Crippen molar-refractivity contribution >= 4 is 23.4 Å². The molecular formula is C15H17ClO5. The van der Waals surface area contributed by atoms with Gasteiger partial charge in [-0.05, 0) is 37.8 Å². The number of ether oxygens (including phenoxy) is 3. The number of esters is 1. The van der Waals surface area contributed by atoms with Crippen LogP contribution in [0.25, 0.3) is 0 Å². The van der Waals surface area contributed by atoms with Crippen LogP contribution in [0.15, 0.2) is 12.1 Å². The van der Waals surface area contributed by atoms with E-state index in [0.29, 0.717) is 24.0 Å². The molecule has 0 saturated heterocycles. The van der Waals surface area contributed by atoms with Crippen LogP contribution in [-0.2, 0) is 9.53 Å². The lowest BCUT2D eigenvalue weighted by atomic mass is 10.1. The first-order valence-corrected chi connectivity index (χ1v) is 7.16. The van der Waals surface area contributed by atoms with E-state index in [-0.39, 0.29) is 17.2 Å². The van der Waals surface area contributed by atoms with Gasteiger partial charge in [0, 0.05) is 5.56 Å². The molecule has 5 nitrogen and oxygen atoms in total. The van der Waals surface area contributed by atoms with Crippen molar-refractivity contribution in [2.45, 2.75) is 19.8 Å². The lowest BCUT2D eigenvalue weighted by Crippen LogP contribution is -2.17. The molecule has 6 heteroatoms. The van der Waals surface area contributed by atoms with Crippen molar-refractivity contribution < 1.29 is 23.8 Å². The van der Waals surface area contributed by atoms with Gasteiger partial charge < -0.3 is 14.2 Å². The molecule has 0 radical (unpaired) electrons. The van der Waals surface area contributed by atoms with Crippen molar-refractivity contribution in [1.29, 1.82) is 0 Å². The Morgan fingerprint density at radius 1 is 1.33 bits per heavy atom. The zero-order chi connectivity index (χ0) is 15.4. The molecule has 0 unspecified atom stereocenters. The van der Waals surface area contributed by atoms with E-state index in [1.165, 1.54) is 19.2 Å². The largest absolute Gasteiger partial charge is 0.493 e. The highest BCUT2D eigenvalue weighted by Gasteiger charge is 2.25. The number of ketones is 1. The maximum absolute atomic E-state index is 11.9. The Bertz CT molecular complexity index is 551. The maximum atomic E-state index is 11.9. The van der Waals surface area contributed by atoms with Crippen molar-refractivity contribution in [2.75, 3.05) is 20.3 Å². The second-order valence-electron chi connectivity index (χ2n) is 4.79. The van der Waals surface area contributed by atoms with Crippen LogP contribution in [0.2, 0.25) is 5.02 Å². The first kappa shape index (κ1) is 15.6. The summed E-state index contributed by atoms with van der Waals surface area (Å²) in [6.07, 6.45) is 2.30. The van der Waals surface area contributed by atoms with Crippen molar-refractivity contribution in [1.82, 2.24) is 0 Å². The van der Waals surface area contributed by atoms with Gasteiger partial charge in [-0.25, -0.2) is 4.79 Å². The van der Waals surface area contributed by atoms with Crippen LogP contribution in [0, 0.1) is 5.92 Å². The van der Waals surface area contributed by atoms with Gasteiger partial charge in [-0.2, -0.15) is 0 Å². The molecule has 21 heavy (non-hydrogen) atoms. The molecule has 1 aliphatic rings. The molecule has 0 heterocycles. The summed E-state index contributed by atoms with van der Waals surface area (Å²) in [5, 5.41) is 0.239. The second kappa shape index (κ2) is 6.80. The Labute approximate surface area is 128 Å². The highest BCUT2D eigenvalue weighted by Crippen LogP contribution is 2.38. The average molecular weight is 313 g/mol. The summed E-state index contributed by atoms with van der Waals surface area (Å²) in [5.41, 5.74) is 0.120. The molecule has 114 valence electrons. The van der Waals surface area contributed by atoms with Crippen LogP contribution in [0.4, 0.5) is 0 Å². The Morgan fingerprint density at radius 3 is 2.62 bits per heavy atom. The van der Waals surface area contributed by atoms with Gasteiger partial charge in [-0.3, -0.25) is 4.79 Å². The minimum absolute atomic E-state index is 0.120. The molecule has 1 aromatic carbocycles. The fraction of sp³-hybridized carbons (Fsp3) is 0.467. The minimum atomic E-state index is -0.915. The van der Waals surface area contributed by atoms with Gasteiger partial charge in [-0.1, -0.05) is 11.6 Å². The third kappa shape index (κ3) is 3.88. The first-order valence-electron chi connectivity index (χ1n) is 6.78. The van der Waals surface area contributed by atoms with Crippen LogP contribution in [0.3, 0.4) is 0 Å². The molecule has 0 atom stereocenters. The van der Waals surface area contributed by atoms with E-state index in [2.05, 4.69) is 4.74 Å². The van der Waals surface area contributed by atoms with E-state index >= 15 is 0 Å². The number of hydrogen-bond donors (Lipinski definition) is 0. The summed E-state index contributed by atoms with van der Waals surface area (Å²) >= 11 is 6.13. The highest BCUT2D eigenvalue weighted by atomic mass is 35.5. The molecule has 1 saturated carbocycles. The molecule has 0 bridgehead atoms. The number of carbonyl (C=O) groups excluding carboxylic acids is 2. The standard InChI is InChI=1S/C15H17ClO5/c1-3-20-15(18)13(17)10-6-11(16)14(12(7-10)19-2)21-8-9-4-5-9/h6-7,9H,3-5,8H2,1-2H3. The van der Waals surface area contributed by atoms with Gasteiger partial charge in [0.05, 0.1) is 25.3 Å². The molecule has 0 aromatic heterocycles. The Hall–Kier alpha value is -1.75. The second-order valence-corrected chi connectivity index (χ2v) is 5.20. The molecule has 1 fully saturated rings. The molecule has 0 N–H and O–H groups in total. The minimum Gasteiger partial charge on any atom is -0.493 e.